The minimum atomic E-state index is 0.450. The summed E-state index contributed by atoms with van der Waals surface area (Å²) in [5.41, 5.74) is 15.2. The van der Waals surface area contributed by atoms with Crippen LogP contribution < -0.4 is 21.1 Å². The molecule has 0 aliphatic carbocycles. The van der Waals surface area contributed by atoms with E-state index in [1.165, 1.54) is 0 Å². The van der Waals surface area contributed by atoms with Gasteiger partial charge in [-0.25, -0.2) is 9.97 Å². The average molecular weight is 358 g/mol. The molecule has 0 unspecified atom stereocenters. The number of anilines is 2. The van der Waals surface area contributed by atoms with Crippen LogP contribution in [0, 0.1) is 6.92 Å². The highest BCUT2D eigenvalue weighted by atomic mass is 32.1. The lowest BCUT2D eigenvalue weighted by atomic mass is 10.0. The van der Waals surface area contributed by atoms with Crippen molar-refractivity contribution in [3.63, 3.8) is 0 Å². The van der Waals surface area contributed by atoms with Crippen molar-refractivity contribution in [2.24, 2.45) is 5.73 Å². The first-order valence-corrected chi connectivity index (χ1v) is 8.47. The van der Waals surface area contributed by atoms with Gasteiger partial charge in [-0.05, 0) is 31.3 Å². The van der Waals surface area contributed by atoms with E-state index in [2.05, 4.69) is 14.9 Å². The summed E-state index contributed by atoms with van der Waals surface area (Å²) in [6.07, 6.45) is 1.58. The molecule has 4 N–H and O–H groups in total. The average Bonchev–Trinajstić information content (AvgIpc) is 2.62. The van der Waals surface area contributed by atoms with Gasteiger partial charge in [-0.3, -0.25) is 0 Å². The van der Waals surface area contributed by atoms with Gasteiger partial charge in [0.15, 0.2) is 5.11 Å². The number of rotatable bonds is 3. The van der Waals surface area contributed by atoms with Gasteiger partial charge in [-0.1, -0.05) is 0 Å². The Labute approximate surface area is 152 Å². The molecule has 1 aliphatic heterocycles. The van der Waals surface area contributed by atoms with Gasteiger partial charge in [-0.2, -0.15) is 0 Å². The van der Waals surface area contributed by atoms with Crippen molar-refractivity contribution in [3.8, 4) is 17.0 Å². The fourth-order valence-electron chi connectivity index (χ4n) is 3.05. The molecule has 0 spiro atoms. The SMILES string of the molecule is COc1ccc(-c2ncnc(N3CCN(C(N)=S)CC3)c2C)c(N)c1. The molecule has 7 nitrogen and oxygen atoms in total. The van der Waals surface area contributed by atoms with E-state index in [0.29, 0.717) is 10.8 Å². The molecule has 1 aromatic carbocycles. The molecule has 0 saturated carbocycles. The number of piperazine rings is 1. The van der Waals surface area contributed by atoms with Gasteiger partial charge in [0, 0.05) is 49.1 Å². The van der Waals surface area contributed by atoms with Crippen molar-refractivity contribution in [1.82, 2.24) is 14.9 Å². The van der Waals surface area contributed by atoms with Gasteiger partial charge in [0.2, 0.25) is 0 Å². The zero-order valence-corrected chi connectivity index (χ0v) is 15.2. The number of thiocarbonyl (C=S) groups is 1. The Hall–Kier alpha value is -2.61. The predicted octanol–water partition coefficient (Wildman–Crippen LogP) is 1.41. The van der Waals surface area contributed by atoms with Gasteiger partial charge in [0.1, 0.15) is 17.9 Å². The maximum absolute atomic E-state index is 6.19. The van der Waals surface area contributed by atoms with Crippen LogP contribution in [-0.2, 0) is 0 Å². The van der Waals surface area contributed by atoms with Gasteiger partial charge >= 0.3 is 0 Å². The van der Waals surface area contributed by atoms with Gasteiger partial charge in [-0.15, -0.1) is 0 Å². The van der Waals surface area contributed by atoms with Crippen LogP contribution in [0.5, 0.6) is 5.75 Å². The molecule has 25 heavy (non-hydrogen) atoms. The van der Waals surface area contributed by atoms with E-state index in [-0.39, 0.29) is 0 Å². The Morgan fingerprint density at radius 1 is 1.20 bits per heavy atom. The number of nitrogens with zero attached hydrogens (tertiary/aromatic N) is 4. The normalized spacial score (nSPS) is 14.5. The van der Waals surface area contributed by atoms with E-state index < -0.39 is 0 Å². The lowest BCUT2D eigenvalue weighted by molar-refractivity contribution is 0.387. The molecule has 0 bridgehead atoms. The number of ether oxygens (including phenoxy) is 1. The topological polar surface area (TPSA) is 93.5 Å². The van der Waals surface area contributed by atoms with E-state index in [4.69, 9.17) is 28.4 Å². The Balaban J connectivity index is 1.90. The standard InChI is InChI=1S/C17H22N6OS/c1-11-15(13-4-3-12(24-2)9-14(13)18)20-10-21-16(11)22-5-7-23(8-6-22)17(19)25/h3-4,9-10H,5-8,18H2,1-2H3,(H2,19,25). The van der Waals surface area contributed by atoms with Crippen LogP contribution >= 0.6 is 12.2 Å². The summed E-state index contributed by atoms with van der Waals surface area (Å²) in [6, 6.07) is 5.61. The van der Waals surface area contributed by atoms with E-state index in [0.717, 1.165) is 54.6 Å². The first kappa shape index (κ1) is 17.2. The Bertz CT molecular complexity index is 789. The molecule has 3 rings (SSSR count). The Morgan fingerprint density at radius 2 is 1.92 bits per heavy atom. The molecule has 1 aromatic heterocycles. The van der Waals surface area contributed by atoms with Crippen LogP contribution in [0.3, 0.4) is 0 Å². The molecule has 132 valence electrons. The monoisotopic (exact) mass is 358 g/mol. The summed E-state index contributed by atoms with van der Waals surface area (Å²) in [4.78, 5) is 13.2. The number of methoxy groups -OCH3 is 1. The number of nitrogens with two attached hydrogens (primary N) is 2. The van der Waals surface area contributed by atoms with Crippen LogP contribution in [0.25, 0.3) is 11.3 Å². The van der Waals surface area contributed by atoms with Crippen LogP contribution in [0.1, 0.15) is 5.56 Å². The Morgan fingerprint density at radius 3 is 2.52 bits per heavy atom. The fourth-order valence-corrected chi connectivity index (χ4v) is 3.24. The summed E-state index contributed by atoms with van der Waals surface area (Å²) in [5.74, 6) is 1.64. The van der Waals surface area contributed by atoms with E-state index >= 15 is 0 Å². The first-order valence-electron chi connectivity index (χ1n) is 8.06. The van der Waals surface area contributed by atoms with Crippen molar-refractivity contribution in [2.75, 3.05) is 43.9 Å². The molecule has 2 aromatic rings. The van der Waals surface area contributed by atoms with Crippen LogP contribution in [-0.4, -0.2) is 53.3 Å². The van der Waals surface area contributed by atoms with Gasteiger partial charge < -0.3 is 26.0 Å². The smallest absolute Gasteiger partial charge is 0.166 e. The van der Waals surface area contributed by atoms with Gasteiger partial charge in [0.05, 0.1) is 12.8 Å². The summed E-state index contributed by atoms with van der Waals surface area (Å²) in [6.45, 7) is 5.23. The molecule has 2 heterocycles. The van der Waals surface area contributed by atoms with Crippen molar-refractivity contribution in [3.05, 3.63) is 30.1 Å². The summed E-state index contributed by atoms with van der Waals surface area (Å²) in [7, 11) is 1.62. The lowest BCUT2D eigenvalue weighted by Gasteiger charge is -2.36. The molecule has 1 saturated heterocycles. The van der Waals surface area contributed by atoms with Crippen LogP contribution in [0.15, 0.2) is 24.5 Å². The highest BCUT2D eigenvalue weighted by molar-refractivity contribution is 7.80. The second-order valence-electron chi connectivity index (χ2n) is 5.94. The summed E-state index contributed by atoms with van der Waals surface area (Å²) >= 11 is 5.05. The Kier molecular flexibility index (Phi) is 4.89. The second kappa shape index (κ2) is 7.10. The molecular formula is C17H22N6OS. The molecule has 0 amide bonds. The minimum Gasteiger partial charge on any atom is -0.497 e. The number of hydrogen-bond acceptors (Lipinski definition) is 6. The fraction of sp³-hybridized carbons (Fsp3) is 0.353. The minimum absolute atomic E-state index is 0.450. The molecule has 8 heteroatoms. The van der Waals surface area contributed by atoms with Crippen molar-refractivity contribution < 1.29 is 4.74 Å². The second-order valence-corrected chi connectivity index (χ2v) is 6.35. The molecule has 0 radical (unpaired) electrons. The molecule has 1 aliphatic rings. The number of benzene rings is 1. The van der Waals surface area contributed by atoms with Crippen molar-refractivity contribution >= 4 is 28.8 Å². The summed E-state index contributed by atoms with van der Waals surface area (Å²) in [5, 5.41) is 0.450. The lowest BCUT2D eigenvalue weighted by Crippen LogP contribution is -2.50. The molecular weight excluding hydrogens is 336 g/mol. The third-order valence-electron chi connectivity index (χ3n) is 4.46. The predicted molar refractivity (Wildman–Crippen MR) is 104 cm³/mol. The zero-order chi connectivity index (χ0) is 18.0. The molecule has 0 atom stereocenters. The molecule has 1 fully saturated rings. The van der Waals surface area contributed by atoms with Crippen molar-refractivity contribution in [1.29, 1.82) is 0 Å². The number of aromatic nitrogens is 2. The summed E-state index contributed by atoms with van der Waals surface area (Å²) < 4.78 is 5.22. The van der Waals surface area contributed by atoms with E-state index in [1.54, 1.807) is 19.5 Å². The van der Waals surface area contributed by atoms with Crippen molar-refractivity contribution in [2.45, 2.75) is 6.92 Å². The van der Waals surface area contributed by atoms with E-state index in [9.17, 15) is 0 Å². The maximum Gasteiger partial charge on any atom is 0.166 e. The van der Waals surface area contributed by atoms with Gasteiger partial charge in [0.25, 0.3) is 0 Å². The maximum atomic E-state index is 6.19. The van der Waals surface area contributed by atoms with Crippen LogP contribution in [0.2, 0.25) is 0 Å². The van der Waals surface area contributed by atoms with Crippen LogP contribution in [0.4, 0.5) is 11.5 Å². The highest BCUT2D eigenvalue weighted by Gasteiger charge is 2.22. The number of nitrogen functional groups attached to an aromatic ring is 1. The largest absolute Gasteiger partial charge is 0.497 e. The first-order chi connectivity index (χ1) is 12.0. The third-order valence-corrected chi connectivity index (χ3v) is 4.72. The van der Waals surface area contributed by atoms with E-state index in [1.807, 2.05) is 24.0 Å². The highest BCUT2D eigenvalue weighted by Crippen LogP contribution is 2.33. The quantitative estimate of drug-likeness (QED) is 0.628. The zero-order valence-electron chi connectivity index (χ0n) is 14.4. The number of hydrogen-bond donors (Lipinski definition) is 2. The third kappa shape index (κ3) is 3.43.